The van der Waals surface area contributed by atoms with Gasteiger partial charge in [0.15, 0.2) is 0 Å². The molecule has 1 N–H and O–H groups in total. The van der Waals surface area contributed by atoms with Crippen molar-refractivity contribution in [3.05, 3.63) is 29.3 Å². The molecule has 78 valence electrons. The molecule has 0 spiro atoms. The molecule has 14 heavy (non-hydrogen) atoms. The Labute approximate surface area is 90.2 Å². The number of nitrogens with one attached hydrogen (secondary N) is 1. The van der Waals surface area contributed by atoms with Crippen LogP contribution in [-0.2, 0) is 0 Å². The van der Waals surface area contributed by atoms with Crippen molar-refractivity contribution in [2.24, 2.45) is 0 Å². The average molecular weight is 214 g/mol. The van der Waals surface area contributed by atoms with Gasteiger partial charge in [0, 0.05) is 6.54 Å². The predicted molar refractivity (Wildman–Crippen MR) is 60.1 cm³/mol. The van der Waals surface area contributed by atoms with Gasteiger partial charge in [0.05, 0.1) is 5.02 Å². The normalized spacial score (nSPS) is 11.4. The molecule has 0 bridgehead atoms. The Morgan fingerprint density at radius 1 is 1.36 bits per heavy atom. The molecule has 0 aromatic heterocycles. The van der Waals surface area contributed by atoms with Crippen LogP contribution in [0.25, 0.3) is 0 Å². The molecular weight excluding hydrogens is 198 g/mol. The van der Waals surface area contributed by atoms with E-state index in [1.165, 1.54) is 0 Å². The Morgan fingerprint density at radius 3 is 2.57 bits per heavy atom. The molecule has 0 unspecified atom stereocenters. The summed E-state index contributed by atoms with van der Waals surface area (Å²) in [6, 6.07) is 7.50. The minimum absolute atomic E-state index is 0.250. The summed E-state index contributed by atoms with van der Waals surface area (Å²) in [5.41, 5.74) is -0.250. The number of para-hydroxylation sites is 1. The zero-order valence-corrected chi connectivity index (χ0v) is 9.56. The van der Waals surface area contributed by atoms with Crippen LogP contribution in [0.5, 0.6) is 5.75 Å². The van der Waals surface area contributed by atoms with Gasteiger partial charge in [0.25, 0.3) is 0 Å². The minimum atomic E-state index is -0.250. The van der Waals surface area contributed by atoms with Crippen LogP contribution in [-0.4, -0.2) is 19.2 Å². The lowest BCUT2D eigenvalue weighted by molar-refractivity contribution is 0.111. The lowest BCUT2D eigenvalue weighted by atomic mass is 10.1. The van der Waals surface area contributed by atoms with Crippen molar-refractivity contribution in [3.8, 4) is 5.75 Å². The minimum Gasteiger partial charge on any atom is -0.485 e. The zero-order valence-electron chi connectivity index (χ0n) is 8.80. The van der Waals surface area contributed by atoms with Gasteiger partial charge in [-0.25, -0.2) is 0 Å². The molecule has 1 aromatic rings. The lowest BCUT2D eigenvalue weighted by Crippen LogP contribution is -2.38. The van der Waals surface area contributed by atoms with Gasteiger partial charge in [0.2, 0.25) is 0 Å². The van der Waals surface area contributed by atoms with Gasteiger partial charge in [-0.3, -0.25) is 0 Å². The highest BCUT2D eigenvalue weighted by Crippen LogP contribution is 2.26. The Kier molecular flexibility index (Phi) is 3.78. The van der Waals surface area contributed by atoms with Crippen molar-refractivity contribution in [2.45, 2.75) is 19.4 Å². The fourth-order valence-electron chi connectivity index (χ4n) is 1.29. The molecule has 0 fully saturated rings. The summed E-state index contributed by atoms with van der Waals surface area (Å²) in [4.78, 5) is 0. The van der Waals surface area contributed by atoms with E-state index in [0.29, 0.717) is 5.02 Å². The molecule has 0 aliphatic rings. The number of halogens is 1. The van der Waals surface area contributed by atoms with Crippen molar-refractivity contribution in [1.82, 2.24) is 5.32 Å². The van der Waals surface area contributed by atoms with Crippen LogP contribution in [0.3, 0.4) is 0 Å². The summed E-state index contributed by atoms with van der Waals surface area (Å²) in [5, 5.41) is 3.73. The lowest BCUT2D eigenvalue weighted by Gasteiger charge is -2.26. The molecule has 0 saturated heterocycles. The van der Waals surface area contributed by atoms with Crippen molar-refractivity contribution in [1.29, 1.82) is 0 Å². The van der Waals surface area contributed by atoms with E-state index in [0.717, 1.165) is 12.3 Å². The molecule has 0 saturated carbocycles. The average Bonchev–Trinajstić information content (AvgIpc) is 2.08. The highest BCUT2D eigenvalue weighted by molar-refractivity contribution is 6.32. The predicted octanol–water partition coefficient (Wildman–Crippen LogP) is 2.72. The maximum atomic E-state index is 5.99. The van der Waals surface area contributed by atoms with Gasteiger partial charge in [-0.05, 0) is 33.0 Å². The third-order valence-corrected chi connectivity index (χ3v) is 2.14. The SMILES string of the molecule is CNCC(C)(C)Oc1ccccc1Cl. The van der Waals surface area contributed by atoms with Crippen molar-refractivity contribution < 1.29 is 4.74 Å². The van der Waals surface area contributed by atoms with E-state index in [1.807, 2.05) is 45.2 Å². The summed E-state index contributed by atoms with van der Waals surface area (Å²) in [6.07, 6.45) is 0. The standard InChI is InChI=1S/C11H16ClNO/c1-11(2,8-13-3)14-10-7-5-4-6-9(10)12/h4-7,13H,8H2,1-3H3. The van der Waals surface area contributed by atoms with Crippen LogP contribution >= 0.6 is 11.6 Å². The first kappa shape index (κ1) is 11.3. The first-order chi connectivity index (χ1) is 6.55. The van der Waals surface area contributed by atoms with Crippen molar-refractivity contribution >= 4 is 11.6 Å². The molecule has 0 amide bonds. The quantitative estimate of drug-likeness (QED) is 0.831. The number of hydrogen-bond donors (Lipinski definition) is 1. The monoisotopic (exact) mass is 213 g/mol. The second-order valence-electron chi connectivity index (χ2n) is 3.82. The fourth-order valence-corrected chi connectivity index (χ4v) is 1.46. The van der Waals surface area contributed by atoms with E-state index in [1.54, 1.807) is 0 Å². The molecule has 0 radical (unpaired) electrons. The van der Waals surface area contributed by atoms with E-state index in [-0.39, 0.29) is 5.60 Å². The first-order valence-electron chi connectivity index (χ1n) is 4.63. The second kappa shape index (κ2) is 4.67. The molecular formula is C11H16ClNO. The van der Waals surface area contributed by atoms with E-state index in [2.05, 4.69) is 5.32 Å². The van der Waals surface area contributed by atoms with E-state index in [4.69, 9.17) is 16.3 Å². The van der Waals surface area contributed by atoms with E-state index in [9.17, 15) is 0 Å². The van der Waals surface area contributed by atoms with Gasteiger partial charge in [0.1, 0.15) is 11.4 Å². The van der Waals surface area contributed by atoms with Crippen LogP contribution in [0.2, 0.25) is 5.02 Å². The molecule has 3 heteroatoms. The van der Waals surface area contributed by atoms with Gasteiger partial charge in [-0.2, -0.15) is 0 Å². The first-order valence-corrected chi connectivity index (χ1v) is 5.01. The summed E-state index contributed by atoms with van der Waals surface area (Å²) in [5.74, 6) is 0.731. The number of rotatable bonds is 4. The number of likely N-dealkylation sites (N-methyl/N-ethyl adjacent to an activating group) is 1. The van der Waals surface area contributed by atoms with Crippen LogP contribution < -0.4 is 10.1 Å². The summed E-state index contributed by atoms with van der Waals surface area (Å²) in [6.45, 7) is 4.82. The molecule has 0 atom stereocenters. The highest BCUT2D eigenvalue weighted by atomic mass is 35.5. The molecule has 2 nitrogen and oxygen atoms in total. The Bertz CT molecular complexity index is 299. The molecule has 0 heterocycles. The summed E-state index contributed by atoms with van der Waals surface area (Å²) in [7, 11) is 1.90. The summed E-state index contributed by atoms with van der Waals surface area (Å²) < 4.78 is 5.78. The van der Waals surface area contributed by atoms with Crippen LogP contribution in [0.15, 0.2) is 24.3 Å². The van der Waals surface area contributed by atoms with E-state index >= 15 is 0 Å². The Hall–Kier alpha value is -0.730. The second-order valence-corrected chi connectivity index (χ2v) is 4.23. The third-order valence-electron chi connectivity index (χ3n) is 1.83. The maximum Gasteiger partial charge on any atom is 0.138 e. The van der Waals surface area contributed by atoms with Gasteiger partial charge < -0.3 is 10.1 Å². The van der Waals surface area contributed by atoms with Crippen LogP contribution in [0.1, 0.15) is 13.8 Å². The van der Waals surface area contributed by atoms with Gasteiger partial charge in [-0.15, -0.1) is 0 Å². The number of benzene rings is 1. The molecule has 1 rings (SSSR count). The zero-order chi connectivity index (χ0) is 10.6. The van der Waals surface area contributed by atoms with Gasteiger partial charge >= 0.3 is 0 Å². The van der Waals surface area contributed by atoms with Crippen molar-refractivity contribution in [2.75, 3.05) is 13.6 Å². The third kappa shape index (κ3) is 3.20. The smallest absolute Gasteiger partial charge is 0.138 e. The van der Waals surface area contributed by atoms with Crippen LogP contribution in [0.4, 0.5) is 0 Å². The van der Waals surface area contributed by atoms with E-state index < -0.39 is 0 Å². The number of ether oxygens (including phenoxy) is 1. The maximum absolute atomic E-state index is 5.99. The Balaban J connectivity index is 2.73. The summed E-state index contributed by atoms with van der Waals surface area (Å²) >= 11 is 5.99. The van der Waals surface area contributed by atoms with Crippen LogP contribution in [0, 0.1) is 0 Å². The number of hydrogen-bond acceptors (Lipinski definition) is 2. The topological polar surface area (TPSA) is 21.3 Å². The largest absolute Gasteiger partial charge is 0.485 e. The van der Waals surface area contributed by atoms with Gasteiger partial charge in [-0.1, -0.05) is 23.7 Å². The highest BCUT2D eigenvalue weighted by Gasteiger charge is 2.19. The fraction of sp³-hybridized carbons (Fsp3) is 0.455. The molecule has 0 aliphatic heterocycles. The molecule has 0 aliphatic carbocycles. The molecule has 1 aromatic carbocycles. The Morgan fingerprint density at radius 2 is 2.00 bits per heavy atom. The van der Waals surface area contributed by atoms with Crippen molar-refractivity contribution in [3.63, 3.8) is 0 Å².